The molecule has 0 amide bonds. The molecule has 1 aromatic rings. The van der Waals surface area contributed by atoms with Crippen LogP contribution in [0.5, 0.6) is 11.5 Å². The van der Waals surface area contributed by atoms with Gasteiger partial charge in [0.15, 0.2) is 0 Å². The monoisotopic (exact) mass is 284 g/mol. The van der Waals surface area contributed by atoms with Gasteiger partial charge >= 0.3 is 5.97 Å². The molecule has 5 heteroatoms. The first-order valence-electron chi connectivity index (χ1n) is 5.88. The molecule has 1 rings (SSSR count). The van der Waals surface area contributed by atoms with Crippen LogP contribution in [-0.4, -0.2) is 31.6 Å². The van der Waals surface area contributed by atoms with E-state index < -0.39 is 11.4 Å². The summed E-state index contributed by atoms with van der Waals surface area (Å²) in [7, 11) is 3.20. The Balaban J connectivity index is 3.36. The van der Waals surface area contributed by atoms with Gasteiger partial charge in [0.05, 0.1) is 25.5 Å². The molecule has 4 nitrogen and oxygen atoms in total. The number of thioether (sulfide) groups is 1. The Kier molecular flexibility index (Phi) is 5.11. The molecule has 0 unspecified atom stereocenters. The van der Waals surface area contributed by atoms with Crippen molar-refractivity contribution in [2.45, 2.75) is 30.6 Å². The van der Waals surface area contributed by atoms with Crippen LogP contribution in [0.3, 0.4) is 0 Å². The van der Waals surface area contributed by atoms with Crippen molar-refractivity contribution < 1.29 is 19.4 Å². The van der Waals surface area contributed by atoms with Crippen LogP contribution in [0, 0.1) is 0 Å². The summed E-state index contributed by atoms with van der Waals surface area (Å²) >= 11 is 1.56. The second kappa shape index (κ2) is 6.19. The largest absolute Gasteiger partial charge is 0.496 e. The minimum absolute atomic E-state index is 0.0329. The van der Waals surface area contributed by atoms with Crippen LogP contribution >= 0.6 is 11.8 Å². The van der Waals surface area contributed by atoms with Gasteiger partial charge in [0.1, 0.15) is 11.5 Å². The van der Waals surface area contributed by atoms with Crippen molar-refractivity contribution in [3.63, 3.8) is 0 Å². The summed E-state index contributed by atoms with van der Waals surface area (Å²) in [6, 6.07) is 3.76. The average Bonchev–Trinajstić information content (AvgIpc) is 2.35. The van der Waals surface area contributed by atoms with Crippen molar-refractivity contribution in [3.8, 4) is 11.5 Å². The molecule has 0 bridgehead atoms. The van der Waals surface area contributed by atoms with Crippen molar-refractivity contribution >= 4 is 17.7 Å². The standard InChI is InChI=1S/C14H20O4S/c1-14(2,8-13(15)16)9-6-11(18-4)12(19-5)7-10(9)17-3/h6-7H,8H2,1-5H3,(H,15,16). The number of hydrogen-bond acceptors (Lipinski definition) is 4. The highest BCUT2D eigenvalue weighted by Crippen LogP contribution is 2.41. The maximum Gasteiger partial charge on any atom is 0.304 e. The third kappa shape index (κ3) is 3.56. The molecule has 0 heterocycles. The highest BCUT2D eigenvalue weighted by atomic mass is 32.2. The fraction of sp³-hybridized carbons (Fsp3) is 0.500. The molecule has 1 aromatic carbocycles. The van der Waals surface area contributed by atoms with E-state index in [4.69, 9.17) is 14.6 Å². The molecule has 19 heavy (non-hydrogen) atoms. The first-order chi connectivity index (χ1) is 8.85. The lowest BCUT2D eigenvalue weighted by molar-refractivity contribution is -0.138. The molecule has 0 aliphatic rings. The second-order valence-electron chi connectivity index (χ2n) is 4.86. The molecule has 0 atom stereocenters. The summed E-state index contributed by atoms with van der Waals surface area (Å²) in [6.07, 6.45) is 1.99. The summed E-state index contributed by atoms with van der Waals surface area (Å²) < 4.78 is 10.7. The first-order valence-corrected chi connectivity index (χ1v) is 7.10. The van der Waals surface area contributed by atoms with E-state index in [9.17, 15) is 4.79 Å². The third-order valence-corrected chi connectivity index (χ3v) is 3.79. The van der Waals surface area contributed by atoms with Crippen LogP contribution in [0.2, 0.25) is 0 Å². The number of hydrogen-bond donors (Lipinski definition) is 1. The lowest BCUT2D eigenvalue weighted by Gasteiger charge is -2.26. The van der Waals surface area contributed by atoms with Gasteiger partial charge in [0.2, 0.25) is 0 Å². The minimum Gasteiger partial charge on any atom is -0.496 e. The SMILES string of the molecule is COc1cc(C(C)(C)CC(=O)O)c(OC)cc1SC. The van der Waals surface area contributed by atoms with E-state index in [-0.39, 0.29) is 6.42 Å². The van der Waals surface area contributed by atoms with Gasteiger partial charge < -0.3 is 14.6 Å². The van der Waals surface area contributed by atoms with Crippen LogP contribution < -0.4 is 9.47 Å². The van der Waals surface area contributed by atoms with E-state index in [1.807, 2.05) is 32.2 Å². The average molecular weight is 284 g/mol. The van der Waals surface area contributed by atoms with Gasteiger partial charge in [-0.25, -0.2) is 0 Å². The highest BCUT2D eigenvalue weighted by Gasteiger charge is 2.29. The maximum atomic E-state index is 11.0. The van der Waals surface area contributed by atoms with Crippen LogP contribution in [0.15, 0.2) is 17.0 Å². The third-order valence-electron chi connectivity index (χ3n) is 3.03. The molecule has 0 aliphatic carbocycles. The number of aliphatic carboxylic acids is 1. The van der Waals surface area contributed by atoms with E-state index in [0.717, 1.165) is 16.2 Å². The fourth-order valence-corrected chi connectivity index (χ4v) is 2.60. The Hall–Kier alpha value is -1.36. The van der Waals surface area contributed by atoms with Crippen molar-refractivity contribution in [3.05, 3.63) is 17.7 Å². The van der Waals surface area contributed by atoms with Gasteiger partial charge in [-0.2, -0.15) is 0 Å². The Morgan fingerprint density at radius 2 is 1.84 bits per heavy atom. The van der Waals surface area contributed by atoms with Gasteiger partial charge in [-0.15, -0.1) is 11.8 Å². The van der Waals surface area contributed by atoms with Gasteiger partial charge in [-0.1, -0.05) is 13.8 Å². The molecule has 106 valence electrons. The summed E-state index contributed by atoms with van der Waals surface area (Å²) in [5.74, 6) is 0.595. The van der Waals surface area contributed by atoms with Gasteiger partial charge in [0, 0.05) is 11.0 Å². The molecule has 1 N–H and O–H groups in total. The van der Waals surface area contributed by atoms with Crippen LogP contribution in [0.4, 0.5) is 0 Å². The summed E-state index contributed by atoms with van der Waals surface area (Å²) in [6.45, 7) is 3.77. The highest BCUT2D eigenvalue weighted by molar-refractivity contribution is 7.98. The van der Waals surface area contributed by atoms with Crippen molar-refractivity contribution in [2.75, 3.05) is 20.5 Å². The number of benzene rings is 1. The van der Waals surface area contributed by atoms with Gasteiger partial charge in [-0.05, 0) is 18.4 Å². The zero-order chi connectivity index (χ0) is 14.6. The molecule has 0 fully saturated rings. The summed E-state index contributed by atoms with van der Waals surface area (Å²) in [5, 5.41) is 9.03. The van der Waals surface area contributed by atoms with Crippen LogP contribution in [0.1, 0.15) is 25.8 Å². The predicted octanol–water partition coefficient (Wildman–Crippen LogP) is 3.18. The van der Waals surface area contributed by atoms with Crippen molar-refractivity contribution in [2.24, 2.45) is 0 Å². The Morgan fingerprint density at radius 1 is 1.26 bits per heavy atom. The number of rotatable bonds is 6. The lowest BCUT2D eigenvalue weighted by Crippen LogP contribution is -2.22. The predicted molar refractivity (Wildman–Crippen MR) is 76.6 cm³/mol. The summed E-state index contributed by atoms with van der Waals surface area (Å²) in [5.41, 5.74) is 0.313. The number of carbonyl (C=O) groups is 1. The Bertz CT molecular complexity index is 469. The maximum absolute atomic E-state index is 11.0. The zero-order valence-electron chi connectivity index (χ0n) is 11.9. The molecule has 0 aromatic heterocycles. The fourth-order valence-electron chi connectivity index (χ4n) is 2.03. The molecule has 0 saturated carbocycles. The first kappa shape index (κ1) is 15.7. The van der Waals surface area contributed by atoms with Crippen LogP contribution in [-0.2, 0) is 10.2 Å². The molecule has 0 radical (unpaired) electrons. The lowest BCUT2D eigenvalue weighted by atomic mass is 9.81. The Labute approximate surface area is 118 Å². The normalized spacial score (nSPS) is 11.2. The van der Waals surface area contributed by atoms with E-state index in [1.165, 1.54) is 0 Å². The quantitative estimate of drug-likeness (QED) is 0.813. The number of carboxylic acids is 1. The molecule has 0 spiro atoms. The van der Waals surface area contributed by atoms with Crippen molar-refractivity contribution in [1.29, 1.82) is 0 Å². The molecular formula is C14H20O4S. The van der Waals surface area contributed by atoms with Gasteiger partial charge in [0.25, 0.3) is 0 Å². The van der Waals surface area contributed by atoms with E-state index in [0.29, 0.717) is 5.75 Å². The smallest absolute Gasteiger partial charge is 0.304 e. The van der Waals surface area contributed by atoms with Crippen molar-refractivity contribution in [1.82, 2.24) is 0 Å². The minimum atomic E-state index is -0.833. The molecule has 0 saturated heterocycles. The zero-order valence-corrected chi connectivity index (χ0v) is 12.8. The number of methoxy groups -OCH3 is 2. The second-order valence-corrected chi connectivity index (χ2v) is 5.71. The molecule has 0 aliphatic heterocycles. The van der Waals surface area contributed by atoms with E-state index in [2.05, 4.69) is 0 Å². The summed E-state index contributed by atoms with van der Waals surface area (Å²) in [4.78, 5) is 12.0. The van der Waals surface area contributed by atoms with E-state index >= 15 is 0 Å². The number of carboxylic acid groups (broad SMARTS) is 1. The molecular weight excluding hydrogens is 264 g/mol. The topological polar surface area (TPSA) is 55.8 Å². The number of ether oxygens (including phenoxy) is 2. The van der Waals surface area contributed by atoms with E-state index in [1.54, 1.807) is 26.0 Å². The van der Waals surface area contributed by atoms with Gasteiger partial charge in [-0.3, -0.25) is 4.79 Å². The Morgan fingerprint density at radius 3 is 2.26 bits per heavy atom. The van der Waals surface area contributed by atoms with Crippen LogP contribution in [0.25, 0.3) is 0 Å².